The minimum Gasteiger partial charge on any atom is -0.450 e. The molecule has 1 unspecified atom stereocenters. The van der Waals surface area contributed by atoms with Gasteiger partial charge in [0.25, 0.3) is 0 Å². The molecule has 0 bridgehead atoms. The van der Waals surface area contributed by atoms with E-state index in [0.29, 0.717) is 0 Å². The van der Waals surface area contributed by atoms with Crippen molar-refractivity contribution in [2.45, 2.75) is 13.0 Å². The maximum absolute atomic E-state index is 10.3. The van der Waals surface area contributed by atoms with Crippen molar-refractivity contribution in [3.8, 4) is 0 Å². The molecule has 3 nitrogen and oxygen atoms in total. The van der Waals surface area contributed by atoms with Gasteiger partial charge in [0.1, 0.15) is 6.10 Å². The van der Waals surface area contributed by atoms with Gasteiger partial charge in [0, 0.05) is 9.13 Å². The molecular weight excluding hydrogens is 283 g/mol. The summed E-state index contributed by atoms with van der Waals surface area (Å²) in [6.07, 6.45) is -1.65. The van der Waals surface area contributed by atoms with Crippen molar-refractivity contribution in [3.05, 3.63) is 33.4 Å². The van der Waals surface area contributed by atoms with Gasteiger partial charge in [-0.2, -0.15) is 0 Å². The molecule has 1 rings (SSSR count). The van der Waals surface area contributed by atoms with Crippen LogP contribution in [-0.2, 0) is 4.74 Å². The predicted octanol–water partition coefficient (Wildman–Crippen LogP) is 3.05. The van der Waals surface area contributed by atoms with Gasteiger partial charge in [-0.3, -0.25) is 0 Å². The first kappa shape index (κ1) is 10.3. The molecule has 70 valence electrons. The zero-order chi connectivity index (χ0) is 9.84. The van der Waals surface area contributed by atoms with Crippen LogP contribution in [0.25, 0.3) is 0 Å². The Morgan fingerprint density at radius 1 is 1.54 bits per heavy atom. The summed E-state index contributed by atoms with van der Waals surface area (Å²) in [5.41, 5.74) is 0.894. The van der Waals surface area contributed by atoms with E-state index in [1.54, 1.807) is 6.92 Å². The zero-order valence-electron chi connectivity index (χ0n) is 7.03. The number of carbonyl (C=O) groups is 1. The van der Waals surface area contributed by atoms with Crippen LogP contribution in [0, 0.1) is 3.57 Å². The fraction of sp³-hybridized carbons (Fsp3) is 0.222. The lowest BCUT2D eigenvalue weighted by atomic mass is 10.1. The normalized spacial score (nSPS) is 12.2. The maximum atomic E-state index is 10.3. The zero-order valence-corrected chi connectivity index (χ0v) is 9.19. The van der Waals surface area contributed by atoms with E-state index in [9.17, 15) is 4.79 Å². The van der Waals surface area contributed by atoms with Gasteiger partial charge >= 0.3 is 6.16 Å². The van der Waals surface area contributed by atoms with Gasteiger partial charge in [-0.05, 0) is 35.6 Å². The van der Waals surface area contributed by atoms with Gasteiger partial charge in [0.2, 0.25) is 0 Å². The number of hydrogen-bond donors (Lipinski definition) is 1. The van der Waals surface area contributed by atoms with Crippen molar-refractivity contribution in [2.75, 3.05) is 0 Å². The van der Waals surface area contributed by atoms with Crippen molar-refractivity contribution in [1.82, 2.24) is 0 Å². The molecule has 0 aromatic heterocycles. The first-order valence-electron chi connectivity index (χ1n) is 3.75. The number of carboxylic acid groups (broad SMARTS) is 1. The third-order valence-corrected chi connectivity index (χ3v) is 2.60. The van der Waals surface area contributed by atoms with Gasteiger partial charge in [-0.25, -0.2) is 4.79 Å². The highest BCUT2D eigenvalue weighted by Crippen LogP contribution is 2.22. The Balaban J connectivity index is 2.82. The Morgan fingerprint density at radius 2 is 2.15 bits per heavy atom. The van der Waals surface area contributed by atoms with E-state index < -0.39 is 12.3 Å². The third-order valence-electron chi connectivity index (χ3n) is 1.62. The molecule has 0 aliphatic carbocycles. The SMILES string of the molecule is CC(OC(=O)O)c1ccccc1I. The van der Waals surface area contributed by atoms with Crippen LogP contribution < -0.4 is 0 Å². The predicted molar refractivity (Wildman–Crippen MR) is 56.7 cm³/mol. The van der Waals surface area contributed by atoms with Crippen LogP contribution in [0.3, 0.4) is 0 Å². The maximum Gasteiger partial charge on any atom is 0.506 e. The number of halogens is 1. The van der Waals surface area contributed by atoms with Crippen molar-refractivity contribution < 1.29 is 14.6 Å². The van der Waals surface area contributed by atoms with Gasteiger partial charge in [-0.15, -0.1) is 0 Å². The van der Waals surface area contributed by atoms with Crippen LogP contribution >= 0.6 is 22.6 Å². The largest absolute Gasteiger partial charge is 0.506 e. The molecule has 0 spiro atoms. The quantitative estimate of drug-likeness (QED) is 0.673. The van der Waals surface area contributed by atoms with Crippen LogP contribution in [0.15, 0.2) is 24.3 Å². The van der Waals surface area contributed by atoms with Gasteiger partial charge in [-0.1, -0.05) is 18.2 Å². The van der Waals surface area contributed by atoms with E-state index >= 15 is 0 Å². The molecule has 0 heterocycles. The molecule has 1 N–H and O–H groups in total. The summed E-state index contributed by atoms with van der Waals surface area (Å²) in [7, 11) is 0. The molecule has 1 aromatic carbocycles. The lowest BCUT2D eigenvalue weighted by Crippen LogP contribution is -2.06. The summed E-state index contributed by atoms with van der Waals surface area (Å²) < 4.78 is 5.64. The second-order valence-corrected chi connectivity index (χ2v) is 3.71. The van der Waals surface area contributed by atoms with Crippen LogP contribution in [0.5, 0.6) is 0 Å². The first-order valence-corrected chi connectivity index (χ1v) is 4.83. The summed E-state index contributed by atoms with van der Waals surface area (Å²) in [6.45, 7) is 1.71. The third kappa shape index (κ3) is 2.87. The first-order chi connectivity index (χ1) is 6.11. The topological polar surface area (TPSA) is 46.5 Å². The molecule has 0 fully saturated rings. The smallest absolute Gasteiger partial charge is 0.450 e. The Hall–Kier alpha value is -0.780. The van der Waals surface area contributed by atoms with Crippen molar-refractivity contribution in [2.24, 2.45) is 0 Å². The molecule has 4 heteroatoms. The van der Waals surface area contributed by atoms with E-state index in [-0.39, 0.29) is 0 Å². The number of rotatable bonds is 2. The molecule has 0 radical (unpaired) electrons. The van der Waals surface area contributed by atoms with Crippen LogP contribution in [0.1, 0.15) is 18.6 Å². The fourth-order valence-electron chi connectivity index (χ4n) is 1.02. The highest BCUT2D eigenvalue weighted by molar-refractivity contribution is 14.1. The molecule has 0 amide bonds. The lowest BCUT2D eigenvalue weighted by Gasteiger charge is -2.12. The van der Waals surface area contributed by atoms with E-state index in [4.69, 9.17) is 5.11 Å². The molecule has 1 aromatic rings. The standard InChI is InChI=1S/C9H9IO3/c1-6(13-9(11)12)7-4-2-3-5-8(7)10/h2-6H,1H3,(H,11,12). The Labute approximate surface area is 89.9 Å². The summed E-state index contributed by atoms with van der Waals surface area (Å²) >= 11 is 2.15. The average molecular weight is 292 g/mol. The Kier molecular flexibility index (Phi) is 3.53. The minimum absolute atomic E-state index is 0.411. The molecule has 13 heavy (non-hydrogen) atoms. The van der Waals surface area contributed by atoms with Crippen LogP contribution in [-0.4, -0.2) is 11.3 Å². The fourth-order valence-corrected chi connectivity index (χ4v) is 1.85. The number of ether oxygens (including phenoxy) is 1. The Bertz CT molecular complexity index is 311. The van der Waals surface area contributed by atoms with Crippen LogP contribution in [0.4, 0.5) is 4.79 Å². The Morgan fingerprint density at radius 3 is 2.69 bits per heavy atom. The van der Waals surface area contributed by atoms with E-state index in [1.165, 1.54) is 0 Å². The minimum atomic E-state index is -1.24. The van der Waals surface area contributed by atoms with Crippen LogP contribution in [0.2, 0.25) is 0 Å². The second kappa shape index (κ2) is 4.45. The summed E-state index contributed by atoms with van der Waals surface area (Å²) in [5.74, 6) is 0. The molecule has 0 saturated carbocycles. The van der Waals surface area contributed by atoms with E-state index in [1.807, 2.05) is 24.3 Å². The number of benzene rings is 1. The van der Waals surface area contributed by atoms with Gasteiger partial charge < -0.3 is 9.84 Å². The monoisotopic (exact) mass is 292 g/mol. The van der Waals surface area contributed by atoms with Crippen molar-refractivity contribution in [1.29, 1.82) is 0 Å². The average Bonchev–Trinajstić information content (AvgIpc) is 2.03. The van der Waals surface area contributed by atoms with E-state index in [0.717, 1.165) is 9.13 Å². The molecule has 0 aliphatic rings. The van der Waals surface area contributed by atoms with Crippen molar-refractivity contribution in [3.63, 3.8) is 0 Å². The van der Waals surface area contributed by atoms with Gasteiger partial charge in [0.05, 0.1) is 0 Å². The molecule has 0 saturated heterocycles. The summed E-state index contributed by atoms with van der Waals surface area (Å²) in [6, 6.07) is 7.53. The summed E-state index contributed by atoms with van der Waals surface area (Å²) in [5, 5.41) is 8.41. The number of hydrogen-bond acceptors (Lipinski definition) is 2. The van der Waals surface area contributed by atoms with Gasteiger partial charge in [0.15, 0.2) is 0 Å². The highest BCUT2D eigenvalue weighted by atomic mass is 127. The highest BCUT2D eigenvalue weighted by Gasteiger charge is 2.12. The second-order valence-electron chi connectivity index (χ2n) is 2.55. The molecule has 0 aliphatic heterocycles. The molecular formula is C9H9IO3. The lowest BCUT2D eigenvalue weighted by molar-refractivity contribution is 0.0584. The van der Waals surface area contributed by atoms with Crippen molar-refractivity contribution >= 4 is 28.7 Å². The molecule has 1 atom stereocenters. The summed E-state index contributed by atoms with van der Waals surface area (Å²) in [4.78, 5) is 10.3. The van der Waals surface area contributed by atoms with E-state index in [2.05, 4.69) is 27.3 Å².